The number of methoxy groups -OCH3 is 1. The van der Waals surface area contributed by atoms with Crippen LogP contribution in [0.15, 0.2) is 0 Å². The fraction of sp³-hybridized carbons (Fsp3) is 1.00. The molecule has 1 aliphatic rings. The molecule has 1 atom stereocenters. The number of hydrogen-bond donors (Lipinski definition) is 1. The van der Waals surface area contributed by atoms with Crippen LogP contribution in [0.5, 0.6) is 0 Å². The molecule has 102 valence electrons. The molecule has 0 spiro atoms. The van der Waals surface area contributed by atoms with Crippen molar-refractivity contribution in [3.05, 3.63) is 0 Å². The summed E-state index contributed by atoms with van der Waals surface area (Å²) in [7, 11) is 1.78. The van der Waals surface area contributed by atoms with E-state index in [-0.39, 0.29) is 11.5 Å². The normalized spacial score (nSPS) is 21.7. The van der Waals surface area contributed by atoms with E-state index < -0.39 is 0 Å². The number of rotatable bonds is 5. The van der Waals surface area contributed by atoms with Gasteiger partial charge in [-0.05, 0) is 43.7 Å². The van der Waals surface area contributed by atoms with E-state index in [9.17, 15) is 5.11 Å². The van der Waals surface area contributed by atoms with Crippen molar-refractivity contribution in [3.8, 4) is 0 Å². The topological polar surface area (TPSA) is 32.7 Å². The standard InChI is InChI=1S/C14H29NO2/c1-14(2,3)13(16)7-10-15-8-5-12(6-9-15)11-17-4/h12-13,16H,5-11H2,1-4H3. The van der Waals surface area contributed by atoms with Crippen molar-refractivity contribution in [3.63, 3.8) is 0 Å². The maximum absolute atomic E-state index is 10.0. The highest BCUT2D eigenvalue weighted by Crippen LogP contribution is 2.23. The second-order valence-corrected chi connectivity index (χ2v) is 6.41. The first-order chi connectivity index (χ1) is 7.93. The van der Waals surface area contributed by atoms with Crippen LogP contribution in [0.4, 0.5) is 0 Å². The van der Waals surface area contributed by atoms with Crippen molar-refractivity contribution < 1.29 is 9.84 Å². The zero-order valence-corrected chi connectivity index (χ0v) is 11.9. The molecule has 0 aromatic carbocycles. The number of piperidine rings is 1. The molecule has 17 heavy (non-hydrogen) atoms. The SMILES string of the molecule is COCC1CCN(CCC(O)C(C)(C)C)CC1. The maximum atomic E-state index is 10.0. The summed E-state index contributed by atoms with van der Waals surface area (Å²) in [6.07, 6.45) is 3.16. The molecule has 0 bridgehead atoms. The molecule has 0 aromatic heterocycles. The maximum Gasteiger partial charge on any atom is 0.0600 e. The van der Waals surface area contributed by atoms with Crippen LogP contribution in [-0.2, 0) is 4.74 Å². The lowest BCUT2D eigenvalue weighted by Gasteiger charge is -2.33. The molecular formula is C14H29NO2. The Morgan fingerprint density at radius 1 is 1.29 bits per heavy atom. The van der Waals surface area contributed by atoms with Gasteiger partial charge in [0.15, 0.2) is 0 Å². The lowest BCUT2D eigenvalue weighted by Crippen LogP contribution is -2.38. The highest BCUT2D eigenvalue weighted by atomic mass is 16.5. The van der Waals surface area contributed by atoms with Crippen LogP contribution >= 0.6 is 0 Å². The highest BCUT2D eigenvalue weighted by Gasteiger charge is 2.24. The van der Waals surface area contributed by atoms with E-state index in [2.05, 4.69) is 25.7 Å². The van der Waals surface area contributed by atoms with Gasteiger partial charge >= 0.3 is 0 Å². The van der Waals surface area contributed by atoms with Gasteiger partial charge in [-0.15, -0.1) is 0 Å². The molecule has 1 saturated heterocycles. The second kappa shape index (κ2) is 6.72. The van der Waals surface area contributed by atoms with Crippen LogP contribution in [0.25, 0.3) is 0 Å². The van der Waals surface area contributed by atoms with Crippen molar-refractivity contribution >= 4 is 0 Å². The van der Waals surface area contributed by atoms with Crippen molar-refractivity contribution in [2.45, 2.75) is 46.1 Å². The molecule has 0 aliphatic carbocycles. The Kier molecular flexibility index (Phi) is 5.90. The van der Waals surface area contributed by atoms with Gasteiger partial charge in [0.2, 0.25) is 0 Å². The number of aliphatic hydroxyl groups is 1. The van der Waals surface area contributed by atoms with Gasteiger partial charge in [-0.2, -0.15) is 0 Å². The zero-order chi connectivity index (χ0) is 12.9. The average Bonchev–Trinajstić information content (AvgIpc) is 2.27. The predicted molar refractivity (Wildman–Crippen MR) is 71.1 cm³/mol. The van der Waals surface area contributed by atoms with Gasteiger partial charge in [0.1, 0.15) is 0 Å². The first kappa shape index (κ1) is 14.9. The molecule has 1 N–H and O–H groups in total. The van der Waals surface area contributed by atoms with Gasteiger partial charge in [-0.25, -0.2) is 0 Å². The van der Waals surface area contributed by atoms with Gasteiger partial charge < -0.3 is 14.7 Å². The van der Waals surface area contributed by atoms with E-state index in [4.69, 9.17) is 4.74 Å². The number of hydrogen-bond acceptors (Lipinski definition) is 3. The number of likely N-dealkylation sites (tertiary alicyclic amines) is 1. The second-order valence-electron chi connectivity index (χ2n) is 6.41. The van der Waals surface area contributed by atoms with Gasteiger partial charge in [0, 0.05) is 20.3 Å². The summed E-state index contributed by atoms with van der Waals surface area (Å²) >= 11 is 0. The minimum atomic E-state index is -0.195. The van der Waals surface area contributed by atoms with Crippen LogP contribution in [-0.4, -0.2) is 49.5 Å². The summed E-state index contributed by atoms with van der Waals surface area (Å²) in [4.78, 5) is 2.47. The van der Waals surface area contributed by atoms with Gasteiger partial charge in [0.05, 0.1) is 6.10 Å². The minimum Gasteiger partial charge on any atom is -0.393 e. The van der Waals surface area contributed by atoms with Crippen LogP contribution in [0.1, 0.15) is 40.0 Å². The first-order valence-corrected chi connectivity index (χ1v) is 6.83. The Bertz CT molecular complexity index is 205. The summed E-state index contributed by atoms with van der Waals surface area (Å²) in [5.74, 6) is 0.740. The zero-order valence-electron chi connectivity index (χ0n) is 11.9. The average molecular weight is 243 g/mol. The molecule has 0 saturated carbocycles. The van der Waals surface area contributed by atoms with Crippen molar-refractivity contribution in [1.29, 1.82) is 0 Å². The molecule has 1 aliphatic heterocycles. The fourth-order valence-electron chi connectivity index (χ4n) is 2.35. The molecule has 1 fully saturated rings. The van der Waals surface area contributed by atoms with E-state index in [1.165, 1.54) is 12.8 Å². The van der Waals surface area contributed by atoms with Crippen LogP contribution < -0.4 is 0 Å². The molecule has 3 nitrogen and oxygen atoms in total. The summed E-state index contributed by atoms with van der Waals surface area (Å²) < 4.78 is 5.20. The van der Waals surface area contributed by atoms with Gasteiger partial charge in [-0.3, -0.25) is 0 Å². The van der Waals surface area contributed by atoms with Crippen LogP contribution in [0.2, 0.25) is 0 Å². The summed E-state index contributed by atoms with van der Waals surface area (Å²) in [5, 5.41) is 10.0. The van der Waals surface area contributed by atoms with Crippen molar-refractivity contribution in [2.75, 3.05) is 33.4 Å². The summed E-state index contributed by atoms with van der Waals surface area (Å²) in [5.41, 5.74) is 0.00831. The Morgan fingerprint density at radius 3 is 2.35 bits per heavy atom. The monoisotopic (exact) mass is 243 g/mol. The molecule has 1 unspecified atom stereocenters. The lowest BCUT2D eigenvalue weighted by molar-refractivity contribution is 0.0378. The van der Waals surface area contributed by atoms with E-state index in [0.717, 1.165) is 38.6 Å². The van der Waals surface area contributed by atoms with E-state index in [1.54, 1.807) is 7.11 Å². The van der Waals surface area contributed by atoms with Gasteiger partial charge in [-0.1, -0.05) is 20.8 Å². The molecule has 1 heterocycles. The smallest absolute Gasteiger partial charge is 0.0600 e. The Morgan fingerprint density at radius 2 is 1.88 bits per heavy atom. The van der Waals surface area contributed by atoms with E-state index in [1.807, 2.05) is 0 Å². The third-order valence-corrected chi connectivity index (χ3v) is 3.83. The molecular weight excluding hydrogens is 214 g/mol. The van der Waals surface area contributed by atoms with E-state index >= 15 is 0 Å². The predicted octanol–water partition coefficient (Wildman–Crippen LogP) is 2.14. The van der Waals surface area contributed by atoms with Crippen LogP contribution in [0, 0.1) is 11.3 Å². The molecule has 0 amide bonds. The molecule has 0 aromatic rings. The quantitative estimate of drug-likeness (QED) is 0.803. The highest BCUT2D eigenvalue weighted by molar-refractivity contribution is 4.77. The molecule has 1 rings (SSSR count). The summed E-state index contributed by atoms with van der Waals surface area (Å²) in [6, 6.07) is 0. The molecule has 3 heteroatoms. The Hall–Kier alpha value is -0.120. The van der Waals surface area contributed by atoms with Crippen molar-refractivity contribution in [2.24, 2.45) is 11.3 Å². The number of nitrogens with zero attached hydrogens (tertiary/aromatic N) is 1. The Balaban J connectivity index is 2.18. The minimum absolute atomic E-state index is 0.00831. The molecule has 0 radical (unpaired) electrons. The number of ether oxygens (including phenoxy) is 1. The van der Waals surface area contributed by atoms with Gasteiger partial charge in [0.25, 0.3) is 0 Å². The largest absolute Gasteiger partial charge is 0.393 e. The third-order valence-electron chi connectivity index (χ3n) is 3.83. The summed E-state index contributed by atoms with van der Waals surface area (Å²) in [6.45, 7) is 10.5. The first-order valence-electron chi connectivity index (χ1n) is 6.83. The third kappa shape index (κ3) is 5.36. The van der Waals surface area contributed by atoms with Crippen LogP contribution in [0.3, 0.4) is 0 Å². The lowest BCUT2D eigenvalue weighted by atomic mass is 9.87. The van der Waals surface area contributed by atoms with E-state index in [0.29, 0.717) is 0 Å². The fourth-order valence-corrected chi connectivity index (χ4v) is 2.35. The Labute approximate surface area is 106 Å². The number of aliphatic hydroxyl groups excluding tert-OH is 1. The van der Waals surface area contributed by atoms with Crippen molar-refractivity contribution in [1.82, 2.24) is 4.90 Å².